The molecule has 0 saturated heterocycles. The van der Waals surface area contributed by atoms with Gasteiger partial charge in [0, 0.05) is 65.5 Å². The highest BCUT2D eigenvalue weighted by molar-refractivity contribution is 5.86. The minimum absolute atomic E-state index is 0.0897. The summed E-state index contributed by atoms with van der Waals surface area (Å²) in [6, 6.07) is 6.97. The summed E-state index contributed by atoms with van der Waals surface area (Å²) in [7, 11) is 1.92. The van der Waals surface area contributed by atoms with E-state index in [0.29, 0.717) is 36.1 Å². The van der Waals surface area contributed by atoms with Gasteiger partial charge in [-0.3, -0.25) is 4.98 Å². The predicted molar refractivity (Wildman–Crippen MR) is 99.4 cm³/mol. The zero-order valence-electron chi connectivity index (χ0n) is 23.4. The second-order valence-electron chi connectivity index (χ2n) is 6.15. The van der Waals surface area contributed by atoms with Crippen LogP contribution in [-0.4, -0.2) is 28.0 Å². The van der Waals surface area contributed by atoms with Crippen LogP contribution >= 0.6 is 0 Å². The van der Waals surface area contributed by atoms with E-state index in [9.17, 15) is 0 Å². The molecule has 0 spiro atoms. The molecule has 0 unspecified atom stereocenters. The molecule has 0 radical (unpaired) electrons. The summed E-state index contributed by atoms with van der Waals surface area (Å²) in [5, 5.41) is 0.589. The topological polar surface area (TPSA) is 21.1 Å². The number of likely N-dealkylation sites (N-methyl/N-ethyl adjacent to an activating group) is 1. The van der Waals surface area contributed by atoms with Crippen molar-refractivity contribution in [3.8, 4) is 0 Å². The Kier molecular flexibility index (Phi) is 1.98. The van der Waals surface area contributed by atoms with Crippen LogP contribution in [0.2, 0.25) is 0 Å². The maximum Gasteiger partial charge on any atom is 0.0501 e. The summed E-state index contributed by atoms with van der Waals surface area (Å²) >= 11 is 0. The third-order valence-electron chi connectivity index (χ3n) is 4.41. The van der Waals surface area contributed by atoms with Crippen molar-refractivity contribution in [1.82, 2.24) is 14.5 Å². The van der Waals surface area contributed by atoms with Crippen LogP contribution in [0.1, 0.15) is 41.8 Å². The van der Waals surface area contributed by atoms with Crippen molar-refractivity contribution in [2.24, 2.45) is 0 Å². The van der Waals surface area contributed by atoms with E-state index in [1.54, 1.807) is 12.1 Å². The van der Waals surface area contributed by atoms with E-state index in [1.165, 1.54) is 22.8 Å². The molecule has 0 bridgehead atoms. The van der Waals surface area contributed by atoms with Gasteiger partial charge < -0.3 is 9.47 Å². The maximum atomic E-state index is 8.94. The standard InChI is InChI=1S/C21H25N3/c1-15-4-7-20-18(12-15)19-14-23(3)10-9-21(19)24(20)11-8-17-6-5-16(2)22-13-17/h4-7,12-13H,8-11,14H2,1-3H3/i1D3,2D3,8D2,11D2. The van der Waals surface area contributed by atoms with Crippen molar-refractivity contribution in [2.45, 2.75) is 39.5 Å². The van der Waals surface area contributed by atoms with E-state index < -0.39 is 26.6 Å². The SMILES string of the molecule is [2H]C([2H])([2H])c1ccc2c(c1)c1c(n2C([2H])([2H])C([2H])([2H])c2ccc(C([2H])([2H])[2H])nc2)CCN(C)C1. The smallest absolute Gasteiger partial charge is 0.0501 e. The summed E-state index contributed by atoms with van der Waals surface area (Å²) in [6.45, 7) is -6.24. The van der Waals surface area contributed by atoms with Crippen molar-refractivity contribution in [1.29, 1.82) is 0 Å². The fourth-order valence-electron chi connectivity index (χ4n) is 3.21. The molecule has 3 heterocycles. The van der Waals surface area contributed by atoms with Crippen molar-refractivity contribution in [2.75, 3.05) is 13.6 Å². The molecule has 3 heteroatoms. The van der Waals surface area contributed by atoms with Crippen molar-refractivity contribution < 1.29 is 13.7 Å². The summed E-state index contributed by atoms with van der Waals surface area (Å²) < 4.78 is 82.4. The van der Waals surface area contributed by atoms with Gasteiger partial charge in [0.25, 0.3) is 0 Å². The molecule has 24 heavy (non-hydrogen) atoms. The fraction of sp³-hybridized carbons (Fsp3) is 0.381. The lowest BCUT2D eigenvalue weighted by Gasteiger charge is -2.24. The summed E-state index contributed by atoms with van der Waals surface area (Å²) in [5.74, 6) is 0. The Labute approximate surface area is 158 Å². The number of hydrogen-bond donors (Lipinski definition) is 0. The van der Waals surface area contributed by atoms with Crippen LogP contribution in [0.4, 0.5) is 0 Å². The van der Waals surface area contributed by atoms with Crippen LogP contribution < -0.4 is 0 Å². The average Bonchev–Trinajstić information content (AvgIpc) is 3.06. The van der Waals surface area contributed by atoms with Crippen LogP contribution in [0.15, 0.2) is 36.5 Å². The normalized spacial score (nSPS) is 23.4. The third kappa shape index (κ3) is 2.73. The largest absolute Gasteiger partial charge is 0.344 e. The van der Waals surface area contributed by atoms with E-state index >= 15 is 0 Å². The number of fused-ring (bicyclic) bond motifs is 3. The summed E-state index contributed by atoms with van der Waals surface area (Å²) in [6.07, 6.45) is -1.04. The number of rotatable bonds is 3. The van der Waals surface area contributed by atoms with Gasteiger partial charge in [0.05, 0.1) is 2.74 Å². The molecule has 0 atom stereocenters. The van der Waals surface area contributed by atoms with Crippen molar-refractivity contribution in [3.63, 3.8) is 0 Å². The zero-order valence-corrected chi connectivity index (χ0v) is 13.4. The highest BCUT2D eigenvalue weighted by Gasteiger charge is 2.22. The van der Waals surface area contributed by atoms with E-state index in [2.05, 4.69) is 9.88 Å². The first kappa shape index (κ1) is 7.83. The molecule has 1 aliphatic heterocycles. The van der Waals surface area contributed by atoms with Gasteiger partial charge in [-0.1, -0.05) is 17.7 Å². The lowest BCUT2D eigenvalue weighted by molar-refractivity contribution is 0.309. The molecule has 1 aromatic carbocycles. The minimum atomic E-state index is -2.58. The Balaban J connectivity index is 1.91. The Morgan fingerprint density at radius 1 is 1.25 bits per heavy atom. The lowest BCUT2D eigenvalue weighted by atomic mass is 10.0. The highest BCUT2D eigenvalue weighted by Crippen LogP contribution is 2.31. The monoisotopic (exact) mass is 329 g/mol. The van der Waals surface area contributed by atoms with Gasteiger partial charge in [-0.15, -0.1) is 0 Å². The van der Waals surface area contributed by atoms with Gasteiger partial charge in [-0.25, -0.2) is 0 Å². The molecular weight excluding hydrogens is 294 g/mol. The Morgan fingerprint density at radius 2 is 2.21 bits per heavy atom. The van der Waals surface area contributed by atoms with Crippen LogP contribution in [0.3, 0.4) is 0 Å². The van der Waals surface area contributed by atoms with Crippen LogP contribution in [-0.2, 0) is 25.8 Å². The Bertz CT molecular complexity index is 1220. The molecule has 3 aromatic rings. The minimum Gasteiger partial charge on any atom is -0.344 e. The first-order valence-electron chi connectivity index (χ1n) is 12.9. The highest BCUT2D eigenvalue weighted by atomic mass is 15.1. The van der Waals surface area contributed by atoms with Gasteiger partial charge in [0.1, 0.15) is 0 Å². The van der Waals surface area contributed by atoms with Crippen LogP contribution in [0.25, 0.3) is 10.9 Å². The second-order valence-corrected chi connectivity index (χ2v) is 6.15. The molecule has 4 rings (SSSR count). The molecule has 2 aromatic heterocycles. The molecule has 1 aliphatic rings. The van der Waals surface area contributed by atoms with Gasteiger partial charge >= 0.3 is 0 Å². The summed E-state index contributed by atoms with van der Waals surface area (Å²) in [4.78, 5) is 5.91. The van der Waals surface area contributed by atoms with E-state index in [0.717, 1.165) is 11.8 Å². The Hall–Kier alpha value is -2.13. The Morgan fingerprint density at radius 3 is 3.00 bits per heavy atom. The van der Waals surface area contributed by atoms with E-state index in [1.807, 2.05) is 7.05 Å². The third-order valence-corrected chi connectivity index (χ3v) is 4.41. The van der Waals surface area contributed by atoms with Crippen LogP contribution in [0.5, 0.6) is 0 Å². The maximum absolute atomic E-state index is 8.94. The molecule has 124 valence electrons. The molecule has 0 fully saturated rings. The quantitative estimate of drug-likeness (QED) is 0.727. The molecule has 0 saturated carbocycles. The van der Waals surface area contributed by atoms with Gasteiger partial charge in [-0.05, 0) is 56.5 Å². The van der Waals surface area contributed by atoms with Gasteiger partial charge in [-0.2, -0.15) is 0 Å². The molecule has 0 N–H and O–H groups in total. The average molecular weight is 330 g/mol. The number of benzene rings is 1. The number of aryl methyl sites for hydroxylation is 4. The predicted octanol–water partition coefficient (Wildman–Crippen LogP) is 3.88. The van der Waals surface area contributed by atoms with Gasteiger partial charge in [0.2, 0.25) is 0 Å². The van der Waals surface area contributed by atoms with E-state index in [4.69, 9.17) is 13.7 Å². The van der Waals surface area contributed by atoms with Crippen LogP contribution in [0, 0.1) is 13.7 Å². The fourth-order valence-corrected chi connectivity index (χ4v) is 3.21. The van der Waals surface area contributed by atoms with Crippen molar-refractivity contribution in [3.05, 3.63) is 64.6 Å². The zero-order chi connectivity index (χ0) is 25.3. The first-order chi connectivity index (χ1) is 15.5. The van der Waals surface area contributed by atoms with Crippen molar-refractivity contribution >= 4 is 10.9 Å². The number of nitrogens with zero attached hydrogens (tertiary/aromatic N) is 3. The molecular formula is C21H25N3. The number of pyridine rings is 1. The molecule has 0 amide bonds. The van der Waals surface area contributed by atoms with E-state index in [-0.39, 0.29) is 16.8 Å². The summed E-state index contributed by atoms with van der Waals surface area (Å²) in [5.41, 5.74) is 1.67. The lowest BCUT2D eigenvalue weighted by Crippen LogP contribution is -2.27. The second kappa shape index (κ2) is 6.06. The van der Waals surface area contributed by atoms with Gasteiger partial charge in [0.15, 0.2) is 0 Å². The first-order valence-corrected chi connectivity index (χ1v) is 7.88. The number of aromatic nitrogens is 2. The molecule has 0 aliphatic carbocycles. The molecule has 3 nitrogen and oxygen atoms in total. The number of hydrogen-bond acceptors (Lipinski definition) is 2.